The number of tetrazole rings is 1. The van der Waals surface area contributed by atoms with Gasteiger partial charge in [-0.2, -0.15) is 11.8 Å². The molecule has 0 amide bonds. The Morgan fingerprint density at radius 3 is 2.84 bits per heavy atom. The van der Waals surface area contributed by atoms with Gasteiger partial charge in [-0.15, -0.1) is 5.10 Å². The number of hydrogen-bond donors (Lipinski definition) is 0. The smallest absolute Gasteiger partial charge is 0.150 e. The van der Waals surface area contributed by atoms with E-state index >= 15 is 0 Å². The van der Waals surface area contributed by atoms with E-state index in [1.165, 1.54) is 24.3 Å². The average molecular weight is 299 g/mol. The molecule has 0 aliphatic carbocycles. The predicted molar refractivity (Wildman–Crippen MR) is 82.4 cm³/mol. The van der Waals surface area contributed by atoms with Gasteiger partial charge in [-0.3, -0.25) is 0 Å². The third-order valence-electron chi connectivity index (χ3n) is 3.63. The van der Waals surface area contributed by atoms with E-state index in [1.54, 1.807) is 4.68 Å². The van der Waals surface area contributed by atoms with Gasteiger partial charge < -0.3 is 4.90 Å². The lowest BCUT2D eigenvalue weighted by Gasteiger charge is -2.33. The third kappa shape index (κ3) is 4.14. The van der Waals surface area contributed by atoms with Crippen LogP contribution in [-0.4, -0.2) is 54.7 Å². The van der Waals surface area contributed by atoms with Gasteiger partial charge >= 0.3 is 0 Å². The molecule has 0 N–H and O–H groups in total. The molecule has 7 heteroatoms. The van der Waals surface area contributed by atoms with Gasteiger partial charge in [0, 0.05) is 26.6 Å². The molecule has 0 aromatic carbocycles. The Bertz CT molecular complexity index is 414. The maximum atomic E-state index is 5.55. The van der Waals surface area contributed by atoms with E-state index in [0.29, 0.717) is 6.04 Å². The molecule has 0 bridgehead atoms. The van der Waals surface area contributed by atoms with Crippen LogP contribution in [0.5, 0.6) is 0 Å². The molecule has 0 radical (unpaired) electrons. The molecule has 19 heavy (non-hydrogen) atoms. The Morgan fingerprint density at radius 2 is 2.21 bits per heavy atom. The molecule has 1 aromatic rings. The number of thiocarbonyl (C=S) groups is 1. The molecule has 1 aromatic heterocycles. The van der Waals surface area contributed by atoms with Gasteiger partial charge in [0.15, 0.2) is 5.82 Å². The minimum absolute atomic E-state index is 0.644. The fraction of sp³-hybridized carbons (Fsp3) is 0.833. The number of rotatable bonds is 5. The van der Waals surface area contributed by atoms with Crippen LogP contribution in [-0.2, 0) is 13.5 Å². The van der Waals surface area contributed by atoms with Crippen LogP contribution < -0.4 is 0 Å². The summed E-state index contributed by atoms with van der Waals surface area (Å²) in [5.41, 5.74) is 0. The van der Waals surface area contributed by atoms with Crippen molar-refractivity contribution in [2.75, 3.05) is 18.6 Å². The molecule has 2 heterocycles. The van der Waals surface area contributed by atoms with Gasteiger partial charge in [0.05, 0.1) is 4.99 Å². The van der Waals surface area contributed by atoms with Crippen LogP contribution in [0.15, 0.2) is 0 Å². The van der Waals surface area contributed by atoms with Crippen LogP contribution in [0.2, 0.25) is 0 Å². The summed E-state index contributed by atoms with van der Waals surface area (Å²) in [5, 5.41) is 11.5. The molecule has 5 nitrogen and oxygen atoms in total. The molecule has 1 fully saturated rings. The fourth-order valence-electron chi connectivity index (χ4n) is 2.31. The Morgan fingerprint density at radius 1 is 1.47 bits per heavy atom. The van der Waals surface area contributed by atoms with Crippen molar-refractivity contribution in [2.24, 2.45) is 7.05 Å². The number of nitrogens with zero attached hydrogens (tertiary/aromatic N) is 5. The highest BCUT2D eigenvalue weighted by Gasteiger charge is 2.19. The Kier molecular flexibility index (Phi) is 5.57. The number of hydrogen-bond acceptors (Lipinski definition) is 5. The quantitative estimate of drug-likeness (QED) is 0.771. The highest BCUT2D eigenvalue weighted by Crippen LogP contribution is 2.22. The molecule has 1 aliphatic rings. The van der Waals surface area contributed by atoms with Crippen molar-refractivity contribution >= 4 is 29.0 Å². The monoisotopic (exact) mass is 299 g/mol. The molecule has 106 valence electrons. The highest BCUT2D eigenvalue weighted by atomic mass is 32.2. The molecular formula is C12H21N5S2. The van der Waals surface area contributed by atoms with Crippen LogP contribution in [0.25, 0.3) is 0 Å². The van der Waals surface area contributed by atoms with Crippen molar-refractivity contribution < 1.29 is 0 Å². The summed E-state index contributed by atoms with van der Waals surface area (Å²) in [4.78, 5) is 3.39. The Labute approximate surface area is 124 Å². The largest absolute Gasteiger partial charge is 0.366 e. The van der Waals surface area contributed by atoms with Gasteiger partial charge in [0.2, 0.25) is 0 Å². The van der Waals surface area contributed by atoms with E-state index < -0.39 is 0 Å². The zero-order chi connectivity index (χ0) is 13.7. The first-order chi connectivity index (χ1) is 9.18. The van der Waals surface area contributed by atoms with Crippen LogP contribution in [0.3, 0.4) is 0 Å². The summed E-state index contributed by atoms with van der Waals surface area (Å²) in [5.74, 6) is 3.46. The van der Waals surface area contributed by atoms with Crippen molar-refractivity contribution in [1.82, 2.24) is 25.1 Å². The van der Waals surface area contributed by atoms with Gasteiger partial charge in [0.25, 0.3) is 0 Å². The van der Waals surface area contributed by atoms with E-state index in [4.69, 9.17) is 12.2 Å². The lowest BCUT2D eigenvalue weighted by Crippen LogP contribution is -2.38. The predicted octanol–water partition coefficient (Wildman–Crippen LogP) is 1.69. The Hall–Kier alpha value is -0.690. The third-order valence-corrected chi connectivity index (χ3v) is 5.17. The zero-order valence-electron chi connectivity index (χ0n) is 11.6. The van der Waals surface area contributed by atoms with Crippen molar-refractivity contribution in [1.29, 1.82) is 0 Å². The summed E-state index contributed by atoms with van der Waals surface area (Å²) in [6, 6.07) is 0.644. The molecule has 0 spiro atoms. The highest BCUT2D eigenvalue weighted by molar-refractivity contribution is 7.99. The molecular weight excluding hydrogens is 278 g/mol. The number of thioether (sulfide) groups is 1. The second-order valence-corrected chi connectivity index (χ2v) is 6.62. The number of aryl methyl sites for hydroxylation is 2. The van der Waals surface area contributed by atoms with Gasteiger partial charge in [-0.25, -0.2) is 4.68 Å². The lowest BCUT2D eigenvalue weighted by atomic mass is 10.1. The van der Waals surface area contributed by atoms with Crippen molar-refractivity contribution in [3.63, 3.8) is 0 Å². The minimum atomic E-state index is 0.644. The van der Waals surface area contributed by atoms with Crippen molar-refractivity contribution in [2.45, 2.75) is 38.1 Å². The van der Waals surface area contributed by atoms with E-state index in [-0.39, 0.29) is 0 Å². The van der Waals surface area contributed by atoms with E-state index in [2.05, 4.69) is 39.2 Å². The first kappa shape index (κ1) is 14.7. The van der Waals surface area contributed by atoms with Crippen LogP contribution >= 0.6 is 24.0 Å². The number of aromatic nitrogens is 4. The average Bonchev–Trinajstić information content (AvgIpc) is 2.84. The van der Waals surface area contributed by atoms with Crippen LogP contribution in [0.4, 0.5) is 0 Å². The zero-order valence-corrected chi connectivity index (χ0v) is 13.2. The second-order valence-electron chi connectivity index (χ2n) is 4.92. The molecule has 0 saturated carbocycles. The normalized spacial score (nSPS) is 16.5. The van der Waals surface area contributed by atoms with Crippen LogP contribution in [0, 0.1) is 0 Å². The molecule has 0 atom stereocenters. The maximum Gasteiger partial charge on any atom is 0.150 e. The molecule has 0 unspecified atom stereocenters. The standard InChI is InChI=1S/C12H21N5S2/c1-16(10-6-8-19-9-7-10)12(18)5-3-4-11-13-14-15-17(11)2/h10H,3-9H2,1-2H3. The molecule has 1 aliphatic heterocycles. The summed E-state index contributed by atoms with van der Waals surface area (Å²) >= 11 is 7.60. The van der Waals surface area contributed by atoms with Crippen molar-refractivity contribution in [3.05, 3.63) is 5.82 Å². The summed E-state index contributed by atoms with van der Waals surface area (Å²) in [6.07, 6.45) is 5.36. The molecule has 1 saturated heterocycles. The fourth-order valence-corrected chi connectivity index (χ4v) is 3.68. The van der Waals surface area contributed by atoms with E-state index in [0.717, 1.165) is 30.1 Å². The SMILES string of the molecule is CN(C(=S)CCCc1nnnn1C)C1CCSCC1. The van der Waals surface area contributed by atoms with Gasteiger partial charge in [-0.1, -0.05) is 12.2 Å². The molecule has 2 rings (SSSR count). The van der Waals surface area contributed by atoms with E-state index in [9.17, 15) is 0 Å². The Balaban J connectivity index is 1.73. The van der Waals surface area contributed by atoms with Crippen LogP contribution in [0.1, 0.15) is 31.5 Å². The van der Waals surface area contributed by atoms with Gasteiger partial charge in [0.1, 0.15) is 0 Å². The summed E-state index contributed by atoms with van der Waals surface area (Å²) in [6.45, 7) is 0. The summed E-state index contributed by atoms with van der Waals surface area (Å²) in [7, 11) is 4.02. The lowest BCUT2D eigenvalue weighted by molar-refractivity contribution is 0.343. The van der Waals surface area contributed by atoms with E-state index in [1.807, 2.05) is 7.05 Å². The van der Waals surface area contributed by atoms with Crippen molar-refractivity contribution in [3.8, 4) is 0 Å². The first-order valence-electron chi connectivity index (χ1n) is 6.73. The summed E-state index contributed by atoms with van der Waals surface area (Å²) < 4.78 is 1.73. The minimum Gasteiger partial charge on any atom is -0.366 e. The topological polar surface area (TPSA) is 46.8 Å². The maximum absolute atomic E-state index is 5.55. The van der Waals surface area contributed by atoms with Gasteiger partial charge in [-0.05, 0) is 47.6 Å². The second kappa shape index (κ2) is 7.19. The first-order valence-corrected chi connectivity index (χ1v) is 8.29.